The topological polar surface area (TPSA) is 58.6 Å². The largest absolute Gasteiger partial charge is 0.497 e. The minimum atomic E-state index is -3.32. The van der Waals surface area contributed by atoms with Crippen LogP contribution in [0.2, 0.25) is 0 Å². The fourth-order valence-corrected chi connectivity index (χ4v) is 3.85. The highest BCUT2D eigenvalue weighted by Crippen LogP contribution is 2.23. The van der Waals surface area contributed by atoms with E-state index in [-0.39, 0.29) is 11.8 Å². The molecule has 1 aromatic rings. The number of ether oxygens (including phenoxy) is 1. The number of benzene rings is 1. The Kier molecular flexibility index (Phi) is 4.88. The molecule has 1 aliphatic rings. The van der Waals surface area contributed by atoms with Gasteiger partial charge in [0, 0.05) is 19.2 Å². The number of piperidine rings is 1. The lowest BCUT2D eigenvalue weighted by atomic mass is 10.1. The van der Waals surface area contributed by atoms with Gasteiger partial charge in [-0.2, -0.15) is 0 Å². The molecule has 0 radical (unpaired) electrons. The number of hydrogen-bond donors (Lipinski definition) is 1. The molecule has 2 rings (SSSR count). The third-order valence-corrected chi connectivity index (χ3v) is 5.53. The van der Waals surface area contributed by atoms with Crippen molar-refractivity contribution in [3.63, 3.8) is 0 Å². The molecule has 0 spiro atoms. The van der Waals surface area contributed by atoms with Gasteiger partial charge in [-0.3, -0.25) is 4.31 Å². The van der Waals surface area contributed by atoms with Gasteiger partial charge in [0.15, 0.2) is 0 Å². The van der Waals surface area contributed by atoms with Gasteiger partial charge in [0.25, 0.3) is 0 Å². The number of hydrogen-bond acceptors (Lipinski definition) is 4. The smallest absolute Gasteiger partial charge is 0.236 e. The highest BCUT2D eigenvalue weighted by Gasteiger charge is 2.25. The Balaban J connectivity index is 2.10. The van der Waals surface area contributed by atoms with Crippen LogP contribution in [-0.2, 0) is 10.0 Å². The Morgan fingerprint density at radius 1 is 1.40 bits per heavy atom. The highest BCUT2D eigenvalue weighted by atomic mass is 32.2. The van der Waals surface area contributed by atoms with Gasteiger partial charge in [-0.25, -0.2) is 8.42 Å². The first-order valence-corrected chi connectivity index (χ1v) is 8.48. The summed E-state index contributed by atoms with van der Waals surface area (Å²) in [4.78, 5) is 0. The summed E-state index contributed by atoms with van der Waals surface area (Å²) < 4.78 is 31.4. The van der Waals surface area contributed by atoms with E-state index in [1.807, 2.05) is 0 Å². The molecule has 0 bridgehead atoms. The van der Waals surface area contributed by atoms with Gasteiger partial charge in [0.2, 0.25) is 10.0 Å². The molecule has 0 saturated carbocycles. The van der Waals surface area contributed by atoms with Crippen molar-refractivity contribution in [1.29, 1.82) is 0 Å². The average Bonchev–Trinajstić information content (AvgIpc) is 2.47. The maximum absolute atomic E-state index is 12.4. The predicted octanol–water partition coefficient (Wildman–Crippen LogP) is 1.60. The van der Waals surface area contributed by atoms with Crippen LogP contribution in [0.25, 0.3) is 0 Å². The van der Waals surface area contributed by atoms with Crippen LogP contribution in [0.5, 0.6) is 5.75 Å². The van der Waals surface area contributed by atoms with Crippen molar-refractivity contribution in [2.24, 2.45) is 0 Å². The number of sulfonamides is 1. The number of anilines is 1. The van der Waals surface area contributed by atoms with E-state index in [0.717, 1.165) is 25.8 Å². The molecule has 1 aliphatic heterocycles. The van der Waals surface area contributed by atoms with Crippen molar-refractivity contribution in [3.8, 4) is 5.75 Å². The zero-order chi connectivity index (χ0) is 14.6. The second kappa shape index (κ2) is 6.45. The van der Waals surface area contributed by atoms with Gasteiger partial charge >= 0.3 is 0 Å². The molecular weight excluding hydrogens is 276 g/mol. The zero-order valence-electron chi connectivity index (χ0n) is 12.0. The van der Waals surface area contributed by atoms with Gasteiger partial charge < -0.3 is 10.1 Å². The van der Waals surface area contributed by atoms with Crippen LogP contribution >= 0.6 is 0 Å². The van der Waals surface area contributed by atoms with E-state index in [1.165, 1.54) is 4.31 Å². The van der Waals surface area contributed by atoms with Crippen molar-refractivity contribution in [1.82, 2.24) is 5.32 Å². The molecule has 0 amide bonds. The molecule has 1 saturated heterocycles. The number of nitrogens with one attached hydrogen (secondary N) is 1. The maximum atomic E-state index is 12.4. The van der Waals surface area contributed by atoms with Gasteiger partial charge in [0.05, 0.1) is 18.6 Å². The minimum absolute atomic E-state index is 0.0572. The van der Waals surface area contributed by atoms with E-state index >= 15 is 0 Å². The summed E-state index contributed by atoms with van der Waals surface area (Å²) in [6.45, 7) is 0.906. The lowest BCUT2D eigenvalue weighted by Crippen LogP contribution is -2.43. The van der Waals surface area contributed by atoms with E-state index in [0.29, 0.717) is 11.4 Å². The van der Waals surface area contributed by atoms with Crippen LogP contribution in [0.15, 0.2) is 24.3 Å². The Labute approximate surface area is 121 Å². The van der Waals surface area contributed by atoms with Crippen LogP contribution in [0.3, 0.4) is 0 Å². The summed E-state index contributed by atoms with van der Waals surface area (Å²) in [6, 6.07) is 7.15. The van der Waals surface area contributed by atoms with E-state index < -0.39 is 10.0 Å². The van der Waals surface area contributed by atoms with E-state index in [4.69, 9.17) is 4.74 Å². The van der Waals surface area contributed by atoms with Crippen LogP contribution in [0.1, 0.15) is 19.3 Å². The molecule has 6 heteroatoms. The summed E-state index contributed by atoms with van der Waals surface area (Å²) in [5.41, 5.74) is 0.625. The van der Waals surface area contributed by atoms with Gasteiger partial charge in [-0.15, -0.1) is 0 Å². The van der Waals surface area contributed by atoms with Gasteiger partial charge in [-0.1, -0.05) is 12.5 Å². The van der Waals surface area contributed by atoms with Gasteiger partial charge in [-0.05, 0) is 31.5 Å². The quantitative estimate of drug-likeness (QED) is 0.897. The normalized spacial score (nSPS) is 19.6. The fourth-order valence-electron chi connectivity index (χ4n) is 2.40. The fraction of sp³-hybridized carbons (Fsp3) is 0.571. The first-order chi connectivity index (χ1) is 9.53. The molecular formula is C14H22N2O3S. The highest BCUT2D eigenvalue weighted by molar-refractivity contribution is 7.92. The van der Waals surface area contributed by atoms with E-state index in [2.05, 4.69) is 5.32 Å². The Bertz CT molecular complexity index is 539. The lowest BCUT2D eigenvalue weighted by Gasteiger charge is -2.27. The summed E-state index contributed by atoms with van der Waals surface area (Å²) in [6.07, 6.45) is 3.14. The molecule has 1 aromatic carbocycles. The molecule has 0 aliphatic carbocycles. The van der Waals surface area contributed by atoms with Crippen LogP contribution in [0.4, 0.5) is 5.69 Å². The number of rotatable bonds is 5. The van der Waals surface area contributed by atoms with Gasteiger partial charge in [0.1, 0.15) is 5.75 Å². The van der Waals surface area contributed by atoms with E-state index in [9.17, 15) is 8.42 Å². The summed E-state index contributed by atoms with van der Waals surface area (Å²) >= 11 is 0. The Morgan fingerprint density at radius 2 is 2.20 bits per heavy atom. The molecule has 1 fully saturated rings. The number of nitrogens with zero attached hydrogens (tertiary/aromatic N) is 1. The Hall–Kier alpha value is -1.27. The summed E-state index contributed by atoms with van der Waals surface area (Å²) in [7, 11) is -0.163. The van der Waals surface area contributed by atoms with Crippen molar-refractivity contribution in [2.75, 3.05) is 30.8 Å². The predicted molar refractivity (Wildman–Crippen MR) is 80.8 cm³/mol. The standard InChI is InChI=1S/C14H22N2O3S/c1-16(13-7-5-8-14(10-13)19-2)20(17,18)11-12-6-3-4-9-15-12/h5,7-8,10,12,15H,3-4,6,9,11H2,1-2H3. The monoisotopic (exact) mass is 298 g/mol. The molecule has 20 heavy (non-hydrogen) atoms. The maximum Gasteiger partial charge on any atom is 0.236 e. The molecule has 112 valence electrons. The average molecular weight is 298 g/mol. The van der Waals surface area contributed by atoms with Crippen LogP contribution < -0.4 is 14.4 Å². The molecule has 0 aromatic heterocycles. The van der Waals surface area contributed by atoms with Crippen molar-refractivity contribution < 1.29 is 13.2 Å². The molecule has 5 nitrogen and oxygen atoms in total. The van der Waals surface area contributed by atoms with Crippen molar-refractivity contribution in [3.05, 3.63) is 24.3 Å². The van der Waals surface area contributed by atoms with Crippen molar-refractivity contribution in [2.45, 2.75) is 25.3 Å². The Morgan fingerprint density at radius 3 is 2.85 bits per heavy atom. The molecule has 1 atom stereocenters. The summed E-state index contributed by atoms with van der Waals surface area (Å²) in [5.74, 6) is 0.793. The third kappa shape index (κ3) is 3.64. The van der Waals surface area contributed by atoms with Crippen LogP contribution in [0, 0.1) is 0 Å². The number of methoxy groups -OCH3 is 1. The second-order valence-electron chi connectivity index (χ2n) is 5.09. The van der Waals surface area contributed by atoms with Crippen LogP contribution in [-0.4, -0.2) is 40.9 Å². The minimum Gasteiger partial charge on any atom is -0.497 e. The zero-order valence-corrected chi connectivity index (χ0v) is 12.8. The second-order valence-corrected chi connectivity index (χ2v) is 7.14. The summed E-state index contributed by atoms with van der Waals surface area (Å²) in [5, 5.41) is 3.27. The molecule has 1 N–H and O–H groups in total. The first kappa shape index (κ1) is 15.1. The molecule has 1 unspecified atom stereocenters. The van der Waals surface area contributed by atoms with E-state index in [1.54, 1.807) is 38.4 Å². The molecule has 1 heterocycles. The van der Waals surface area contributed by atoms with Crippen molar-refractivity contribution >= 4 is 15.7 Å². The lowest BCUT2D eigenvalue weighted by molar-refractivity contribution is 0.415. The third-order valence-electron chi connectivity index (χ3n) is 3.66. The SMILES string of the molecule is COc1cccc(N(C)S(=O)(=O)CC2CCCCN2)c1. The first-order valence-electron chi connectivity index (χ1n) is 6.87.